The Balaban J connectivity index is 2.69. The monoisotopic (exact) mass is 350 g/mol. The smallest absolute Gasteiger partial charge is 0.215 e. The Morgan fingerprint density at radius 3 is 2.83 bits per heavy atom. The minimum absolute atomic E-state index is 0.116. The largest absolute Gasteiger partial charge is 0.384 e. The number of nitrogens with one attached hydrogen (secondary N) is 1. The third kappa shape index (κ3) is 3.23. The maximum absolute atomic E-state index is 14.3. The molecule has 0 aromatic carbocycles. The second-order valence-corrected chi connectivity index (χ2v) is 7.01. The zero-order valence-corrected chi connectivity index (χ0v) is 14.3. The lowest BCUT2D eigenvalue weighted by molar-refractivity contribution is 0.599. The van der Waals surface area contributed by atoms with Crippen LogP contribution in [0.5, 0.6) is 0 Å². The van der Waals surface area contributed by atoms with E-state index in [4.69, 9.17) is 5.73 Å². The molecule has 128 valence electrons. The Hall–Kier alpha value is -2.48. The van der Waals surface area contributed by atoms with Crippen LogP contribution >= 0.6 is 0 Å². The highest BCUT2D eigenvalue weighted by Crippen LogP contribution is 2.33. The molecule has 0 fully saturated rings. The van der Waals surface area contributed by atoms with Gasteiger partial charge in [0.25, 0.3) is 0 Å². The highest BCUT2D eigenvalue weighted by atomic mass is 32.2. The predicted molar refractivity (Wildman–Crippen MR) is 92.6 cm³/mol. The molecule has 0 saturated heterocycles. The number of halogens is 1. The Morgan fingerprint density at radius 1 is 1.50 bits per heavy atom. The van der Waals surface area contributed by atoms with Crippen molar-refractivity contribution in [1.82, 2.24) is 15.0 Å². The van der Waals surface area contributed by atoms with E-state index >= 15 is 0 Å². The molecule has 2 rings (SSSR count). The Labute approximate surface area is 139 Å². The number of nitrogen functional groups attached to an aromatic ring is 1. The van der Waals surface area contributed by atoms with Gasteiger partial charge in [-0.05, 0) is 25.5 Å². The van der Waals surface area contributed by atoms with Gasteiger partial charge in [0.1, 0.15) is 32.8 Å². The fourth-order valence-electron chi connectivity index (χ4n) is 2.22. The van der Waals surface area contributed by atoms with Crippen LogP contribution in [0.25, 0.3) is 11.0 Å². The first-order valence-electron chi connectivity index (χ1n) is 7.37. The van der Waals surface area contributed by atoms with Crippen molar-refractivity contribution in [1.29, 1.82) is 0 Å². The molecule has 2 aromatic rings. The number of nitrogens with two attached hydrogens (primary N) is 1. The summed E-state index contributed by atoms with van der Waals surface area (Å²) in [7, 11) is -4.23. The number of aromatic amines is 1. The quantitative estimate of drug-likeness (QED) is 0.778. The molecular formula is C16H19FN4O2S. The van der Waals surface area contributed by atoms with E-state index in [9.17, 15) is 12.8 Å². The van der Waals surface area contributed by atoms with Gasteiger partial charge in [-0.2, -0.15) is 0 Å². The van der Waals surface area contributed by atoms with Crippen LogP contribution < -0.4 is 5.73 Å². The van der Waals surface area contributed by atoms with E-state index in [0.717, 1.165) is 18.6 Å². The SMILES string of the molecule is C=C/C(=C(F)\C=C/CCC)S(=O)(=O)c1c(N)[nH]c2cnc(C)nc12. The second-order valence-electron chi connectivity index (χ2n) is 5.16. The third-order valence-corrected chi connectivity index (χ3v) is 5.23. The normalized spacial score (nSPS) is 13.5. The molecule has 2 aromatic heterocycles. The highest BCUT2D eigenvalue weighted by molar-refractivity contribution is 7.95. The number of hydrogen-bond acceptors (Lipinski definition) is 5. The molecule has 0 atom stereocenters. The molecule has 6 nitrogen and oxygen atoms in total. The fourth-order valence-corrected chi connectivity index (χ4v) is 3.73. The number of rotatable bonds is 6. The number of anilines is 1. The lowest BCUT2D eigenvalue weighted by Gasteiger charge is -2.06. The van der Waals surface area contributed by atoms with E-state index < -0.39 is 20.6 Å². The van der Waals surface area contributed by atoms with Crippen molar-refractivity contribution in [2.24, 2.45) is 0 Å². The van der Waals surface area contributed by atoms with Gasteiger partial charge >= 0.3 is 0 Å². The van der Waals surface area contributed by atoms with Crippen LogP contribution in [-0.2, 0) is 9.84 Å². The number of allylic oxidation sites excluding steroid dienone is 4. The van der Waals surface area contributed by atoms with Gasteiger partial charge in [-0.15, -0.1) is 0 Å². The molecule has 8 heteroatoms. The zero-order chi connectivity index (χ0) is 17.9. The van der Waals surface area contributed by atoms with Crippen LogP contribution in [-0.4, -0.2) is 23.4 Å². The number of H-pyrrole nitrogens is 1. The van der Waals surface area contributed by atoms with Crippen molar-refractivity contribution in [3.63, 3.8) is 0 Å². The Kier molecular flexibility index (Phi) is 5.18. The summed E-state index contributed by atoms with van der Waals surface area (Å²) < 4.78 is 40.1. The summed E-state index contributed by atoms with van der Waals surface area (Å²) in [4.78, 5) is 10.00. The van der Waals surface area contributed by atoms with Gasteiger partial charge < -0.3 is 10.7 Å². The summed E-state index contributed by atoms with van der Waals surface area (Å²) in [5, 5.41) is 0. The van der Waals surface area contributed by atoms with Gasteiger partial charge in [-0.3, -0.25) is 0 Å². The number of nitrogens with zero attached hydrogens (tertiary/aromatic N) is 2. The van der Waals surface area contributed by atoms with E-state index in [2.05, 4.69) is 21.5 Å². The summed E-state index contributed by atoms with van der Waals surface area (Å²) in [5.41, 5.74) is 6.30. The van der Waals surface area contributed by atoms with Crippen LogP contribution in [0.2, 0.25) is 0 Å². The van der Waals surface area contributed by atoms with Crippen molar-refractivity contribution in [2.75, 3.05) is 5.73 Å². The lowest BCUT2D eigenvalue weighted by atomic mass is 10.3. The summed E-state index contributed by atoms with van der Waals surface area (Å²) in [6.45, 7) is 6.98. The molecule has 2 heterocycles. The molecule has 24 heavy (non-hydrogen) atoms. The van der Waals surface area contributed by atoms with Gasteiger partial charge in [0.15, 0.2) is 0 Å². The molecule has 0 spiro atoms. The highest BCUT2D eigenvalue weighted by Gasteiger charge is 2.29. The number of sulfone groups is 1. The van der Waals surface area contributed by atoms with Gasteiger partial charge in [0.2, 0.25) is 9.84 Å². The average Bonchev–Trinajstić information content (AvgIpc) is 2.83. The maximum Gasteiger partial charge on any atom is 0.215 e. The average molecular weight is 350 g/mol. The first-order chi connectivity index (χ1) is 11.3. The van der Waals surface area contributed by atoms with Gasteiger partial charge in [-0.1, -0.05) is 26.0 Å². The first-order valence-corrected chi connectivity index (χ1v) is 8.85. The summed E-state index contributed by atoms with van der Waals surface area (Å²) in [6.07, 6.45) is 6.56. The van der Waals surface area contributed by atoms with E-state index in [1.165, 1.54) is 6.20 Å². The molecule has 0 bridgehead atoms. The number of unbranched alkanes of at least 4 members (excludes halogenated alkanes) is 1. The van der Waals surface area contributed by atoms with E-state index in [0.29, 0.717) is 17.8 Å². The van der Waals surface area contributed by atoms with Gasteiger partial charge in [0.05, 0.1) is 11.7 Å². The molecule has 0 radical (unpaired) electrons. The third-order valence-electron chi connectivity index (χ3n) is 3.34. The van der Waals surface area contributed by atoms with Gasteiger partial charge in [0, 0.05) is 0 Å². The molecule has 0 unspecified atom stereocenters. The fraction of sp³-hybridized carbons (Fsp3) is 0.250. The minimum atomic E-state index is -4.23. The van der Waals surface area contributed by atoms with E-state index in [-0.39, 0.29) is 16.2 Å². The summed E-state index contributed by atoms with van der Waals surface area (Å²) >= 11 is 0. The van der Waals surface area contributed by atoms with Gasteiger partial charge in [-0.25, -0.2) is 22.8 Å². The lowest BCUT2D eigenvalue weighted by Crippen LogP contribution is -2.07. The number of aryl methyl sites for hydroxylation is 1. The Morgan fingerprint density at radius 2 is 2.21 bits per heavy atom. The van der Waals surface area contributed by atoms with Crippen LogP contribution in [0.15, 0.2) is 46.6 Å². The van der Waals surface area contributed by atoms with Crippen molar-refractivity contribution in [2.45, 2.75) is 31.6 Å². The van der Waals surface area contributed by atoms with E-state index in [1.807, 2.05) is 6.92 Å². The molecule has 3 N–H and O–H groups in total. The van der Waals surface area contributed by atoms with Crippen LogP contribution in [0.3, 0.4) is 0 Å². The van der Waals surface area contributed by atoms with Crippen LogP contribution in [0.4, 0.5) is 10.2 Å². The van der Waals surface area contributed by atoms with Crippen LogP contribution in [0.1, 0.15) is 25.6 Å². The van der Waals surface area contributed by atoms with Crippen molar-refractivity contribution in [3.8, 4) is 0 Å². The molecular weight excluding hydrogens is 331 g/mol. The Bertz CT molecular complexity index is 942. The van der Waals surface area contributed by atoms with Crippen molar-refractivity contribution >= 4 is 26.7 Å². The number of fused-ring (bicyclic) bond motifs is 1. The first kappa shape index (κ1) is 17.9. The maximum atomic E-state index is 14.3. The summed E-state index contributed by atoms with van der Waals surface area (Å²) in [6, 6.07) is 0. The molecule has 0 aliphatic rings. The molecule has 0 aliphatic heterocycles. The molecule has 0 amide bonds. The summed E-state index contributed by atoms with van der Waals surface area (Å²) in [5.74, 6) is -0.627. The topological polar surface area (TPSA) is 102 Å². The molecule has 0 saturated carbocycles. The molecule has 0 aliphatic carbocycles. The standard InChI is InChI=1S/C16H19FN4O2S/c1-4-6-7-8-11(17)13(5-2)24(22,23)15-14-12(21-16(15)18)9-19-10(3)20-14/h5,7-9,21H,2,4,6,18H2,1,3H3/b8-7-,13-11-. The zero-order valence-electron chi connectivity index (χ0n) is 13.5. The second kappa shape index (κ2) is 6.96. The predicted octanol–water partition coefficient (Wildman–Crippen LogP) is 3.35. The number of aromatic nitrogens is 3. The van der Waals surface area contributed by atoms with Crippen LogP contribution in [0, 0.1) is 6.92 Å². The minimum Gasteiger partial charge on any atom is -0.384 e. The van der Waals surface area contributed by atoms with Crippen molar-refractivity contribution in [3.05, 3.63) is 47.6 Å². The number of hydrogen-bond donors (Lipinski definition) is 2. The van der Waals surface area contributed by atoms with Crippen molar-refractivity contribution < 1.29 is 12.8 Å². The van der Waals surface area contributed by atoms with E-state index in [1.54, 1.807) is 13.0 Å².